The molecule has 3 rings (SSSR count). The van der Waals surface area contributed by atoms with Crippen molar-refractivity contribution in [2.45, 2.75) is 31.1 Å². The van der Waals surface area contributed by atoms with Crippen molar-refractivity contribution >= 4 is 0 Å². The molecule has 0 amide bonds. The summed E-state index contributed by atoms with van der Waals surface area (Å²) < 4.78 is 5.36. The molecule has 0 radical (unpaired) electrons. The quantitative estimate of drug-likeness (QED) is 0.779. The van der Waals surface area contributed by atoms with Crippen LogP contribution in [0, 0.1) is 0 Å². The molecule has 0 unspecified atom stereocenters. The van der Waals surface area contributed by atoms with Gasteiger partial charge in [0, 0.05) is 12.0 Å². The highest BCUT2D eigenvalue weighted by atomic mass is 16.5. The minimum atomic E-state index is 0.405. The number of fused-ring (bicyclic) bond motifs is 2. The second-order valence-corrected chi connectivity index (χ2v) is 5.08. The Bertz CT molecular complexity index is 394. The van der Waals surface area contributed by atoms with Crippen molar-refractivity contribution < 1.29 is 4.74 Å². The number of nitrogens with one attached hydrogen (secondary N) is 1. The Balaban J connectivity index is 2.08. The third-order valence-corrected chi connectivity index (χ3v) is 4.23. The molecule has 0 bridgehead atoms. The number of hydrogen-bond acceptors (Lipinski definition) is 2. The molecule has 1 heterocycles. The van der Waals surface area contributed by atoms with E-state index in [0.29, 0.717) is 5.41 Å². The van der Waals surface area contributed by atoms with Gasteiger partial charge in [-0.05, 0) is 55.5 Å². The fourth-order valence-corrected chi connectivity index (χ4v) is 3.33. The van der Waals surface area contributed by atoms with E-state index in [1.165, 1.54) is 31.2 Å². The molecule has 1 spiro atoms. The van der Waals surface area contributed by atoms with E-state index in [9.17, 15) is 0 Å². The van der Waals surface area contributed by atoms with E-state index in [4.69, 9.17) is 4.74 Å². The zero-order valence-electron chi connectivity index (χ0n) is 9.88. The highest BCUT2D eigenvalue weighted by Gasteiger charge is 2.39. The zero-order chi connectivity index (χ0) is 11.0. The van der Waals surface area contributed by atoms with Crippen LogP contribution in [-0.2, 0) is 11.8 Å². The Morgan fingerprint density at radius 3 is 3.00 bits per heavy atom. The second-order valence-electron chi connectivity index (χ2n) is 5.08. The standard InChI is InChI=1S/C14H19NO/c1-16-12-5-4-11-3-2-6-14(13(11)9-12)7-8-15-10-14/h4-5,9,15H,2-3,6-8,10H2,1H3/t14-/m1/s1. The summed E-state index contributed by atoms with van der Waals surface area (Å²) >= 11 is 0. The first-order valence-corrected chi connectivity index (χ1v) is 6.22. The summed E-state index contributed by atoms with van der Waals surface area (Å²) in [7, 11) is 1.75. The van der Waals surface area contributed by atoms with E-state index in [-0.39, 0.29) is 0 Å². The molecule has 1 aromatic carbocycles. The first kappa shape index (κ1) is 10.2. The van der Waals surface area contributed by atoms with Gasteiger partial charge in [0.1, 0.15) is 5.75 Å². The van der Waals surface area contributed by atoms with Crippen LogP contribution >= 0.6 is 0 Å². The lowest BCUT2D eigenvalue weighted by Gasteiger charge is -2.35. The predicted octanol–water partition coefficient (Wildman–Crippen LogP) is 2.26. The minimum Gasteiger partial charge on any atom is -0.497 e. The van der Waals surface area contributed by atoms with E-state index < -0.39 is 0 Å². The summed E-state index contributed by atoms with van der Waals surface area (Å²) in [5.41, 5.74) is 3.49. The van der Waals surface area contributed by atoms with Crippen LogP contribution in [0.15, 0.2) is 18.2 Å². The van der Waals surface area contributed by atoms with Crippen LogP contribution < -0.4 is 10.1 Å². The average molecular weight is 217 g/mol. The molecule has 2 aliphatic rings. The number of rotatable bonds is 1. The number of methoxy groups -OCH3 is 1. The van der Waals surface area contributed by atoms with Gasteiger partial charge in [-0.15, -0.1) is 0 Å². The maximum Gasteiger partial charge on any atom is 0.119 e. The molecule has 1 aliphatic carbocycles. The first-order chi connectivity index (χ1) is 7.84. The summed E-state index contributed by atoms with van der Waals surface area (Å²) in [6, 6.07) is 6.62. The summed E-state index contributed by atoms with van der Waals surface area (Å²) in [6.45, 7) is 2.31. The molecular formula is C14H19NO. The number of aryl methyl sites for hydroxylation is 1. The van der Waals surface area contributed by atoms with Gasteiger partial charge >= 0.3 is 0 Å². The van der Waals surface area contributed by atoms with Crippen LogP contribution in [-0.4, -0.2) is 20.2 Å². The minimum absolute atomic E-state index is 0.405. The molecule has 1 fully saturated rings. The van der Waals surface area contributed by atoms with E-state index in [2.05, 4.69) is 23.5 Å². The van der Waals surface area contributed by atoms with Gasteiger partial charge in [0.25, 0.3) is 0 Å². The van der Waals surface area contributed by atoms with Gasteiger partial charge in [0.15, 0.2) is 0 Å². The van der Waals surface area contributed by atoms with Gasteiger partial charge in [-0.3, -0.25) is 0 Å². The second kappa shape index (κ2) is 3.77. The lowest BCUT2D eigenvalue weighted by Crippen LogP contribution is -2.33. The van der Waals surface area contributed by atoms with Crippen molar-refractivity contribution in [2.75, 3.05) is 20.2 Å². The lowest BCUT2D eigenvalue weighted by atomic mass is 9.69. The Hall–Kier alpha value is -1.02. The molecule has 1 saturated heterocycles. The van der Waals surface area contributed by atoms with Crippen LogP contribution in [0.4, 0.5) is 0 Å². The Kier molecular flexibility index (Phi) is 2.40. The maximum absolute atomic E-state index is 5.36. The van der Waals surface area contributed by atoms with Crippen LogP contribution in [0.25, 0.3) is 0 Å². The topological polar surface area (TPSA) is 21.3 Å². The first-order valence-electron chi connectivity index (χ1n) is 6.22. The smallest absolute Gasteiger partial charge is 0.119 e. The highest BCUT2D eigenvalue weighted by molar-refractivity contribution is 5.43. The zero-order valence-corrected chi connectivity index (χ0v) is 9.88. The molecule has 86 valence electrons. The van der Waals surface area contributed by atoms with E-state index in [1.807, 2.05) is 0 Å². The molecule has 1 N–H and O–H groups in total. The van der Waals surface area contributed by atoms with E-state index in [1.54, 1.807) is 12.7 Å². The van der Waals surface area contributed by atoms with Gasteiger partial charge in [-0.25, -0.2) is 0 Å². The predicted molar refractivity (Wildman–Crippen MR) is 65.1 cm³/mol. The monoisotopic (exact) mass is 217 g/mol. The third-order valence-electron chi connectivity index (χ3n) is 4.23. The molecule has 2 nitrogen and oxygen atoms in total. The SMILES string of the molecule is COc1ccc2c(c1)[C@]1(CCC2)CCNC1. The van der Waals surface area contributed by atoms with Crippen molar-refractivity contribution in [3.8, 4) is 5.75 Å². The van der Waals surface area contributed by atoms with Crippen LogP contribution in [0.3, 0.4) is 0 Å². The maximum atomic E-state index is 5.36. The summed E-state index contributed by atoms with van der Waals surface area (Å²) in [5, 5.41) is 3.52. The number of hydrogen-bond donors (Lipinski definition) is 1. The van der Waals surface area contributed by atoms with Gasteiger partial charge in [0.05, 0.1) is 7.11 Å². The molecule has 2 heteroatoms. The van der Waals surface area contributed by atoms with Crippen LogP contribution in [0.1, 0.15) is 30.4 Å². The Labute approximate surface area is 97.0 Å². The van der Waals surface area contributed by atoms with Crippen LogP contribution in [0.5, 0.6) is 5.75 Å². The summed E-state index contributed by atoms with van der Waals surface area (Å²) in [5.74, 6) is 1.01. The van der Waals surface area contributed by atoms with Crippen molar-refractivity contribution in [3.63, 3.8) is 0 Å². The van der Waals surface area contributed by atoms with Gasteiger partial charge < -0.3 is 10.1 Å². The molecule has 0 aromatic heterocycles. The molecule has 16 heavy (non-hydrogen) atoms. The van der Waals surface area contributed by atoms with Gasteiger partial charge in [0.2, 0.25) is 0 Å². The number of benzene rings is 1. The molecule has 1 aromatic rings. The van der Waals surface area contributed by atoms with E-state index in [0.717, 1.165) is 18.8 Å². The van der Waals surface area contributed by atoms with Gasteiger partial charge in [-0.2, -0.15) is 0 Å². The molecule has 1 atom stereocenters. The average Bonchev–Trinajstić information content (AvgIpc) is 2.79. The number of ether oxygens (including phenoxy) is 1. The largest absolute Gasteiger partial charge is 0.497 e. The fourth-order valence-electron chi connectivity index (χ4n) is 3.33. The van der Waals surface area contributed by atoms with Crippen molar-refractivity contribution in [2.24, 2.45) is 0 Å². The van der Waals surface area contributed by atoms with Gasteiger partial charge in [-0.1, -0.05) is 6.07 Å². The fraction of sp³-hybridized carbons (Fsp3) is 0.571. The lowest BCUT2D eigenvalue weighted by molar-refractivity contribution is 0.382. The summed E-state index contributed by atoms with van der Waals surface area (Å²) in [6.07, 6.45) is 5.19. The normalized spacial score (nSPS) is 28.1. The third kappa shape index (κ3) is 1.44. The van der Waals surface area contributed by atoms with Crippen molar-refractivity contribution in [3.05, 3.63) is 29.3 Å². The Morgan fingerprint density at radius 1 is 1.31 bits per heavy atom. The molecular weight excluding hydrogens is 198 g/mol. The summed E-state index contributed by atoms with van der Waals surface area (Å²) in [4.78, 5) is 0. The highest BCUT2D eigenvalue weighted by Crippen LogP contribution is 2.42. The molecule has 0 saturated carbocycles. The van der Waals surface area contributed by atoms with Crippen molar-refractivity contribution in [1.29, 1.82) is 0 Å². The molecule has 1 aliphatic heterocycles. The van der Waals surface area contributed by atoms with Crippen LogP contribution in [0.2, 0.25) is 0 Å². The van der Waals surface area contributed by atoms with Crippen molar-refractivity contribution in [1.82, 2.24) is 5.32 Å². The van der Waals surface area contributed by atoms with E-state index >= 15 is 0 Å². The Morgan fingerprint density at radius 2 is 2.25 bits per heavy atom.